The number of rotatable bonds is 5. The Morgan fingerprint density at radius 3 is 2.85 bits per heavy atom. The summed E-state index contributed by atoms with van der Waals surface area (Å²) in [7, 11) is 3.48. The minimum Gasteiger partial charge on any atom is -0.493 e. The number of ether oxygens (including phenoxy) is 1. The Hall–Kier alpha value is -2.54. The number of likely N-dealkylation sites (N-methyl/N-ethyl adjacent to an activating group) is 1. The number of hydrogen-bond acceptors (Lipinski definition) is 4. The lowest BCUT2D eigenvalue weighted by atomic mass is 10.0. The van der Waals surface area contributed by atoms with Gasteiger partial charge in [0.25, 0.3) is 0 Å². The predicted molar refractivity (Wildman–Crippen MR) is 109 cm³/mol. The zero-order valence-electron chi connectivity index (χ0n) is 16.0. The van der Waals surface area contributed by atoms with Crippen LogP contribution in [0.3, 0.4) is 0 Å². The Kier molecular flexibility index (Phi) is 6.34. The SMILES string of the molecule is Cc1ccc(CNC(=NCC(=O)N(C)C)NC2CCOc3ccccc32)s1. The lowest BCUT2D eigenvalue weighted by Gasteiger charge is -2.28. The van der Waals surface area contributed by atoms with E-state index in [0.29, 0.717) is 19.1 Å². The van der Waals surface area contributed by atoms with Gasteiger partial charge in [-0.25, -0.2) is 4.99 Å². The van der Waals surface area contributed by atoms with Crippen LogP contribution in [0, 0.1) is 6.92 Å². The molecule has 1 atom stereocenters. The summed E-state index contributed by atoms with van der Waals surface area (Å²) in [4.78, 5) is 20.5. The Labute approximate surface area is 164 Å². The molecule has 0 saturated heterocycles. The monoisotopic (exact) mass is 386 g/mol. The first kappa shape index (κ1) is 19.2. The van der Waals surface area contributed by atoms with Gasteiger partial charge >= 0.3 is 0 Å². The van der Waals surface area contributed by atoms with Gasteiger partial charge in [0.1, 0.15) is 12.3 Å². The number of hydrogen-bond donors (Lipinski definition) is 2. The summed E-state index contributed by atoms with van der Waals surface area (Å²) in [5, 5.41) is 6.84. The summed E-state index contributed by atoms with van der Waals surface area (Å²) in [5.41, 5.74) is 1.11. The van der Waals surface area contributed by atoms with Crippen LogP contribution in [0.2, 0.25) is 0 Å². The van der Waals surface area contributed by atoms with Gasteiger partial charge in [-0.1, -0.05) is 18.2 Å². The molecule has 0 radical (unpaired) electrons. The van der Waals surface area contributed by atoms with E-state index in [1.165, 1.54) is 9.75 Å². The quantitative estimate of drug-likeness (QED) is 0.613. The van der Waals surface area contributed by atoms with Crippen LogP contribution < -0.4 is 15.4 Å². The Morgan fingerprint density at radius 2 is 2.11 bits per heavy atom. The number of nitrogens with one attached hydrogen (secondary N) is 2. The number of thiophene rings is 1. The molecule has 0 fully saturated rings. The fourth-order valence-electron chi connectivity index (χ4n) is 2.85. The van der Waals surface area contributed by atoms with E-state index in [1.807, 2.05) is 18.2 Å². The number of guanidine groups is 1. The third kappa shape index (κ3) is 5.23. The van der Waals surface area contributed by atoms with Gasteiger partial charge in [0.05, 0.1) is 19.2 Å². The summed E-state index contributed by atoms with van der Waals surface area (Å²) in [6.07, 6.45) is 0.845. The molecule has 0 saturated carbocycles. The van der Waals surface area contributed by atoms with E-state index in [2.05, 4.69) is 40.7 Å². The third-order valence-corrected chi connectivity index (χ3v) is 5.37. The number of carbonyl (C=O) groups excluding carboxylic acids is 1. The van der Waals surface area contributed by atoms with Gasteiger partial charge in [-0.15, -0.1) is 11.3 Å². The van der Waals surface area contributed by atoms with Crippen molar-refractivity contribution in [3.05, 3.63) is 51.7 Å². The molecule has 0 aliphatic carbocycles. The molecule has 1 aromatic heterocycles. The number of carbonyl (C=O) groups is 1. The summed E-state index contributed by atoms with van der Waals surface area (Å²) in [6.45, 7) is 3.53. The molecule has 0 bridgehead atoms. The van der Waals surface area contributed by atoms with E-state index in [1.54, 1.807) is 30.3 Å². The second-order valence-corrected chi connectivity index (χ2v) is 8.06. The van der Waals surface area contributed by atoms with Crippen molar-refractivity contribution in [3.8, 4) is 5.75 Å². The summed E-state index contributed by atoms with van der Waals surface area (Å²) in [6, 6.07) is 12.4. The van der Waals surface area contributed by atoms with Crippen LogP contribution >= 0.6 is 11.3 Å². The molecule has 1 aliphatic rings. The van der Waals surface area contributed by atoms with Crippen LogP contribution in [-0.2, 0) is 11.3 Å². The second-order valence-electron chi connectivity index (χ2n) is 6.69. The normalized spacial score (nSPS) is 16.3. The lowest BCUT2D eigenvalue weighted by molar-refractivity contribution is -0.127. The molecule has 1 aliphatic heterocycles. The number of aliphatic imine (C=N–C) groups is 1. The zero-order chi connectivity index (χ0) is 19.2. The molecule has 3 rings (SSSR count). The Morgan fingerprint density at radius 1 is 1.30 bits per heavy atom. The van der Waals surface area contributed by atoms with Gasteiger partial charge in [0.2, 0.25) is 5.91 Å². The maximum absolute atomic E-state index is 12.0. The fraction of sp³-hybridized carbons (Fsp3) is 0.400. The van der Waals surface area contributed by atoms with Crippen molar-refractivity contribution >= 4 is 23.2 Å². The van der Waals surface area contributed by atoms with E-state index in [-0.39, 0.29) is 18.5 Å². The number of aryl methyl sites for hydroxylation is 1. The summed E-state index contributed by atoms with van der Waals surface area (Å²) >= 11 is 1.75. The van der Waals surface area contributed by atoms with Crippen molar-refractivity contribution in [2.24, 2.45) is 4.99 Å². The smallest absolute Gasteiger partial charge is 0.243 e. The molecule has 6 nitrogen and oxygen atoms in total. The average molecular weight is 387 g/mol. The highest BCUT2D eigenvalue weighted by Gasteiger charge is 2.22. The van der Waals surface area contributed by atoms with E-state index in [0.717, 1.165) is 17.7 Å². The first-order chi connectivity index (χ1) is 13.0. The van der Waals surface area contributed by atoms with Crippen LogP contribution in [0.1, 0.15) is 27.8 Å². The van der Waals surface area contributed by atoms with E-state index >= 15 is 0 Å². The topological polar surface area (TPSA) is 66.0 Å². The molecule has 1 aromatic carbocycles. The molecule has 1 unspecified atom stereocenters. The molecule has 1 amide bonds. The van der Waals surface area contributed by atoms with E-state index < -0.39 is 0 Å². The minimum absolute atomic E-state index is 0.0320. The molecule has 27 heavy (non-hydrogen) atoms. The van der Waals surface area contributed by atoms with Crippen LogP contribution in [0.25, 0.3) is 0 Å². The maximum Gasteiger partial charge on any atom is 0.243 e. The number of para-hydroxylation sites is 1. The summed E-state index contributed by atoms with van der Waals surface area (Å²) < 4.78 is 5.74. The van der Waals surface area contributed by atoms with Crippen LogP contribution in [0.15, 0.2) is 41.4 Å². The van der Waals surface area contributed by atoms with Crippen molar-refractivity contribution in [1.82, 2.24) is 15.5 Å². The van der Waals surface area contributed by atoms with E-state index in [4.69, 9.17) is 4.74 Å². The van der Waals surface area contributed by atoms with Gasteiger partial charge in [0, 0.05) is 35.8 Å². The third-order valence-electron chi connectivity index (χ3n) is 4.37. The molecule has 144 valence electrons. The van der Waals surface area contributed by atoms with Gasteiger partial charge in [-0.2, -0.15) is 0 Å². The van der Waals surface area contributed by atoms with Crippen molar-refractivity contribution in [3.63, 3.8) is 0 Å². The second kappa shape index (κ2) is 8.90. The van der Waals surface area contributed by atoms with Crippen LogP contribution in [0.5, 0.6) is 5.75 Å². The lowest BCUT2D eigenvalue weighted by Crippen LogP contribution is -2.41. The molecular formula is C20H26N4O2S. The number of nitrogens with zero attached hydrogens (tertiary/aromatic N) is 2. The maximum atomic E-state index is 12.0. The van der Waals surface area contributed by atoms with E-state index in [9.17, 15) is 4.79 Å². The molecule has 2 N–H and O–H groups in total. The number of fused-ring (bicyclic) bond motifs is 1. The molecule has 0 spiro atoms. The summed E-state index contributed by atoms with van der Waals surface area (Å²) in [5.74, 6) is 1.51. The largest absolute Gasteiger partial charge is 0.493 e. The van der Waals surface area contributed by atoms with Gasteiger partial charge < -0.3 is 20.3 Å². The first-order valence-corrected chi connectivity index (χ1v) is 9.86. The van der Waals surface area contributed by atoms with Crippen molar-refractivity contribution in [2.45, 2.75) is 25.9 Å². The predicted octanol–water partition coefficient (Wildman–Crippen LogP) is 2.70. The Bertz CT molecular complexity index is 816. The van der Waals surface area contributed by atoms with Crippen LogP contribution in [0.4, 0.5) is 0 Å². The van der Waals surface area contributed by atoms with Gasteiger partial charge in [-0.05, 0) is 25.1 Å². The molecule has 2 aromatic rings. The van der Waals surface area contributed by atoms with Gasteiger partial charge in [-0.3, -0.25) is 4.79 Å². The number of benzene rings is 1. The average Bonchev–Trinajstić information content (AvgIpc) is 3.09. The van der Waals surface area contributed by atoms with Crippen molar-refractivity contribution in [2.75, 3.05) is 27.2 Å². The highest BCUT2D eigenvalue weighted by atomic mass is 32.1. The molecular weight excluding hydrogens is 360 g/mol. The fourth-order valence-corrected chi connectivity index (χ4v) is 3.68. The first-order valence-electron chi connectivity index (χ1n) is 9.05. The molecule has 2 heterocycles. The van der Waals surface area contributed by atoms with Gasteiger partial charge in [0.15, 0.2) is 5.96 Å². The highest BCUT2D eigenvalue weighted by molar-refractivity contribution is 7.11. The molecule has 7 heteroatoms. The number of amides is 1. The van der Waals surface area contributed by atoms with Crippen molar-refractivity contribution in [1.29, 1.82) is 0 Å². The Balaban J connectivity index is 1.73. The minimum atomic E-state index is -0.0320. The van der Waals surface area contributed by atoms with Crippen LogP contribution in [-0.4, -0.2) is 44.0 Å². The zero-order valence-corrected chi connectivity index (χ0v) is 16.8. The highest BCUT2D eigenvalue weighted by Crippen LogP contribution is 2.31. The standard InChI is InChI=1S/C20H26N4O2S/c1-14-8-9-15(27-14)12-21-20(22-13-19(25)24(2)3)23-17-10-11-26-18-7-5-4-6-16(17)18/h4-9,17H,10-13H2,1-3H3,(H2,21,22,23). The van der Waals surface area contributed by atoms with Crippen molar-refractivity contribution < 1.29 is 9.53 Å².